The van der Waals surface area contributed by atoms with Gasteiger partial charge in [0.25, 0.3) is 0 Å². The summed E-state index contributed by atoms with van der Waals surface area (Å²) in [5.74, 6) is 0.212. The number of likely N-dealkylation sites (tertiary alicyclic amines) is 1. The minimum atomic E-state index is -0.764. The molecule has 0 radical (unpaired) electrons. The Morgan fingerprint density at radius 3 is 2.55 bits per heavy atom. The molecule has 1 N–H and O–H groups in total. The Balaban J connectivity index is 1.23. The van der Waals surface area contributed by atoms with E-state index < -0.39 is 12.0 Å². The van der Waals surface area contributed by atoms with Crippen molar-refractivity contribution in [3.63, 3.8) is 0 Å². The van der Waals surface area contributed by atoms with Crippen molar-refractivity contribution in [2.75, 3.05) is 26.7 Å². The number of halogens is 1. The van der Waals surface area contributed by atoms with E-state index in [4.69, 9.17) is 4.98 Å². The summed E-state index contributed by atoms with van der Waals surface area (Å²) in [5.41, 5.74) is 2.34. The molecule has 5 rings (SSSR count). The van der Waals surface area contributed by atoms with E-state index in [2.05, 4.69) is 40.3 Å². The number of carboxylic acids is 1. The number of nitrogens with zero attached hydrogens (tertiary/aromatic N) is 3. The van der Waals surface area contributed by atoms with Crippen molar-refractivity contribution in [1.82, 2.24) is 14.8 Å². The molecule has 214 valence electrons. The highest BCUT2D eigenvalue weighted by atomic mass is 32.1. The van der Waals surface area contributed by atoms with Crippen LogP contribution in [-0.4, -0.2) is 64.6 Å². The maximum atomic E-state index is 14.2. The molecule has 1 saturated heterocycles. The van der Waals surface area contributed by atoms with Crippen molar-refractivity contribution < 1.29 is 14.3 Å². The third-order valence-corrected chi connectivity index (χ3v) is 10.3. The summed E-state index contributed by atoms with van der Waals surface area (Å²) in [6.45, 7) is 7.02. The number of benzene rings is 2. The average Bonchev–Trinajstić information content (AvgIpc) is 3.57. The monoisotopic (exact) mass is 563 g/mol. The zero-order valence-electron chi connectivity index (χ0n) is 23.9. The first kappa shape index (κ1) is 28.9. The van der Waals surface area contributed by atoms with Crippen LogP contribution >= 0.6 is 11.3 Å². The minimum Gasteiger partial charge on any atom is -0.480 e. The van der Waals surface area contributed by atoms with Crippen molar-refractivity contribution in [2.45, 2.75) is 69.9 Å². The number of aliphatic carboxylic acids is 1. The molecule has 40 heavy (non-hydrogen) atoms. The predicted octanol–water partition coefficient (Wildman–Crippen LogP) is 6.66. The van der Waals surface area contributed by atoms with E-state index in [1.165, 1.54) is 21.5 Å². The van der Waals surface area contributed by atoms with Crippen molar-refractivity contribution in [3.05, 3.63) is 87.6 Å². The van der Waals surface area contributed by atoms with Crippen LogP contribution in [0.3, 0.4) is 0 Å². The Kier molecular flexibility index (Phi) is 9.34. The van der Waals surface area contributed by atoms with E-state index in [0.717, 1.165) is 57.3 Å². The van der Waals surface area contributed by atoms with Crippen LogP contribution in [0.25, 0.3) is 0 Å². The third kappa shape index (κ3) is 6.81. The summed E-state index contributed by atoms with van der Waals surface area (Å²) in [6.07, 6.45) is 7.04. The molecule has 2 heterocycles. The number of hydrogen-bond donors (Lipinski definition) is 1. The maximum absolute atomic E-state index is 14.2. The number of carbonyl (C=O) groups is 1. The number of rotatable bonds is 10. The highest BCUT2D eigenvalue weighted by molar-refractivity contribution is 7.11. The van der Waals surface area contributed by atoms with Crippen molar-refractivity contribution in [1.29, 1.82) is 0 Å². The van der Waals surface area contributed by atoms with E-state index in [0.29, 0.717) is 11.8 Å². The second-order valence-corrected chi connectivity index (χ2v) is 13.3. The SMILES string of the molecule is CC(C)[C@H](C(=O)O)N(C)[C@H]1C[C@H](CN2CCC(c3cnc(Cc4ccccc4)s3)CC2)[C@@H](c2cccc(F)c2)C1. The molecule has 0 amide bonds. The summed E-state index contributed by atoms with van der Waals surface area (Å²) in [4.78, 5) is 22.9. The number of thiazole rings is 1. The molecule has 0 spiro atoms. The van der Waals surface area contributed by atoms with Gasteiger partial charge in [-0.25, -0.2) is 9.37 Å². The lowest BCUT2D eigenvalue weighted by molar-refractivity contribution is -0.145. The van der Waals surface area contributed by atoms with E-state index in [1.807, 2.05) is 44.4 Å². The van der Waals surface area contributed by atoms with Crippen LogP contribution in [-0.2, 0) is 11.2 Å². The summed E-state index contributed by atoms with van der Waals surface area (Å²) in [5, 5.41) is 11.1. The van der Waals surface area contributed by atoms with Gasteiger partial charge in [-0.15, -0.1) is 11.3 Å². The normalized spacial score (nSPS) is 23.2. The molecule has 0 unspecified atom stereocenters. The number of carboxylic acid groups (broad SMARTS) is 1. The molecule has 2 fully saturated rings. The van der Waals surface area contributed by atoms with Gasteiger partial charge in [0.05, 0.1) is 5.01 Å². The highest BCUT2D eigenvalue weighted by Gasteiger charge is 2.41. The zero-order chi connectivity index (χ0) is 28.2. The molecule has 5 nitrogen and oxygen atoms in total. The Morgan fingerprint density at radius 2 is 1.88 bits per heavy atom. The standard InChI is InChI=1S/C33H42FN3O2S/c1-22(2)32(33(38)39)36(3)28-18-26(29(19-28)25-10-7-11-27(34)17-25)21-37-14-12-24(13-15-37)30-20-35-31(40-30)16-23-8-5-4-6-9-23/h4-11,17,20,22,24,26,28-29,32H,12-16,18-19,21H2,1-3H3,(H,38,39)/t26-,28+,29-,32-/m1/s1. The van der Waals surface area contributed by atoms with Crippen LogP contribution in [0.2, 0.25) is 0 Å². The molecule has 1 saturated carbocycles. The van der Waals surface area contributed by atoms with E-state index in [1.54, 1.807) is 12.1 Å². The van der Waals surface area contributed by atoms with Gasteiger partial charge >= 0.3 is 5.97 Å². The van der Waals surface area contributed by atoms with Gasteiger partial charge in [-0.3, -0.25) is 9.69 Å². The van der Waals surface area contributed by atoms with Crippen molar-refractivity contribution >= 4 is 17.3 Å². The smallest absolute Gasteiger partial charge is 0.321 e. The van der Waals surface area contributed by atoms with Gasteiger partial charge in [0.15, 0.2) is 0 Å². The maximum Gasteiger partial charge on any atom is 0.321 e. The fourth-order valence-electron chi connectivity index (χ4n) is 7.03. The Morgan fingerprint density at radius 1 is 1.12 bits per heavy atom. The molecule has 1 aliphatic carbocycles. The summed E-state index contributed by atoms with van der Waals surface area (Å²) in [6, 6.07) is 17.2. The second kappa shape index (κ2) is 12.9. The molecule has 4 atom stereocenters. The molecule has 7 heteroatoms. The van der Waals surface area contributed by atoms with Gasteiger partial charge in [-0.05, 0) is 92.8 Å². The summed E-state index contributed by atoms with van der Waals surface area (Å²) >= 11 is 1.86. The van der Waals surface area contributed by atoms with Gasteiger partial charge in [-0.1, -0.05) is 56.3 Å². The molecule has 1 aromatic heterocycles. The fourth-order valence-corrected chi connectivity index (χ4v) is 8.15. The number of piperidine rings is 1. The lowest BCUT2D eigenvalue weighted by Gasteiger charge is -2.35. The van der Waals surface area contributed by atoms with E-state index >= 15 is 0 Å². The fraction of sp³-hybridized carbons (Fsp3) is 0.515. The van der Waals surface area contributed by atoms with Gasteiger partial charge in [-0.2, -0.15) is 0 Å². The Bertz CT molecular complexity index is 1260. The Hall–Kier alpha value is -2.61. The highest BCUT2D eigenvalue weighted by Crippen LogP contribution is 2.44. The summed E-state index contributed by atoms with van der Waals surface area (Å²) in [7, 11) is 1.96. The average molecular weight is 564 g/mol. The third-order valence-electron chi connectivity index (χ3n) is 9.10. The largest absolute Gasteiger partial charge is 0.480 e. The number of aromatic nitrogens is 1. The van der Waals surface area contributed by atoms with Crippen LogP contribution in [0.5, 0.6) is 0 Å². The summed E-state index contributed by atoms with van der Waals surface area (Å²) < 4.78 is 14.2. The van der Waals surface area contributed by atoms with Crippen LogP contribution in [0.15, 0.2) is 60.8 Å². The van der Waals surface area contributed by atoms with Crippen LogP contribution in [0.4, 0.5) is 4.39 Å². The quantitative estimate of drug-likeness (QED) is 0.299. The minimum absolute atomic E-state index is 0.0214. The predicted molar refractivity (Wildman–Crippen MR) is 159 cm³/mol. The van der Waals surface area contributed by atoms with Crippen LogP contribution in [0.1, 0.15) is 72.4 Å². The number of hydrogen-bond acceptors (Lipinski definition) is 5. The molecule has 0 bridgehead atoms. The van der Waals surface area contributed by atoms with Crippen molar-refractivity contribution in [2.24, 2.45) is 11.8 Å². The van der Waals surface area contributed by atoms with Gasteiger partial charge in [0.1, 0.15) is 11.9 Å². The second-order valence-electron chi connectivity index (χ2n) is 12.1. The number of likely N-dealkylation sites (N-methyl/N-ethyl adjacent to an activating group) is 1. The molecule has 1 aliphatic heterocycles. The molecular formula is C33H42FN3O2S. The van der Waals surface area contributed by atoms with E-state index in [9.17, 15) is 14.3 Å². The lowest BCUT2D eigenvalue weighted by Crippen LogP contribution is -2.47. The van der Waals surface area contributed by atoms with Gasteiger partial charge in [0, 0.05) is 30.1 Å². The first-order chi connectivity index (χ1) is 19.3. The first-order valence-corrected chi connectivity index (χ1v) is 15.5. The van der Waals surface area contributed by atoms with Gasteiger partial charge < -0.3 is 10.0 Å². The lowest BCUT2D eigenvalue weighted by atomic mass is 9.87. The molecule has 3 aromatic rings. The van der Waals surface area contributed by atoms with Crippen molar-refractivity contribution in [3.8, 4) is 0 Å². The van der Waals surface area contributed by atoms with Gasteiger partial charge in [0.2, 0.25) is 0 Å². The zero-order valence-corrected chi connectivity index (χ0v) is 24.7. The topological polar surface area (TPSA) is 56.7 Å². The molecular weight excluding hydrogens is 521 g/mol. The Labute approximate surface area is 242 Å². The van der Waals surface area contributed by atoms with E-state index in [-0.39, 0.29) is 23.7 Å². The first-order valence-electron chi connectivity index (χ1n) is 14.7. The van der Waals surface area contributed by atoms with Crippen LogP contribution in [0, 0.1) is 17.7 Å². The molecule has 2 aromatic carbocycles. The molecule has 2 aliphatic rings. The van der Waals surface area contributed by atoms with Crippen LogP contribution < -0.4 is 0 Å².